The third-order valence-corrected chi connectivity index (χ3v) is 12.1. The predicted octanol–water partition coefficient (Wildman–Crippen LogP) is 16.1. The molecule has 0 saturated heterocycles. The lowest BCUT2D eigenvalue weighted by Crippen LogP contribution is -2.45. The highest BCUT2D eigenvalue weighted by atomic mass is 16.5. The molecule has 2 atom stereocenters. The molecule has 0 aromatic heterocycles. The number of amides is 1. The van der Waals surface area contributed by atoms with Gasteiger partial charge in [-0.2, -0.15) is 0 Å². The van der Waals surface area contributed by atoms with Gasteiger partial charge in [0.1, 0.15) is 0 Å². The number of rotatable bonds is 49. The number of hydrogen-bond donors (Lipinski definition) is 3. The number of hydrogen-bond acceptors (Lipinski definition) is 5. The highest BCUT2D eigenvalue weighted by Crippen LogP contribution is 2.15. The molecule has 0 aromatic carbocycles. The monoisotopic (exact) mass is 858 g/mol. The standard InChI is InChI=1S/C55H103NO5/c1-3-5-7-9-11-13-15-16-17-23-26-29-33-37-41-45-49-55(60)61-50-46-42-38-34-30-27-24-21-19-18-20-22-25-28-32-36-40-44-48-54(59)56-52(51-57)53(58)47-43-39-35-31-14-12-10-8-6-4-2/h17,20,22-23,43,47,52-53,57-58H,3-16,18-19,21,24-42,44-46,48-51H2,1-2H3,(H,56,59)/b22-20-,23-17-,47-43+. The van der Waals surface area contributed by atoms with Crippen LogP contribution in [0.5, 0.6) is 0 Å². The first-order valence-corrected chi connectivity index (χ1v) is 26.8. The normalized spacial score (nSPS) is 12.9. The largest absolute Gasteiger partial charge is 0.466 e. The summed E-state index contributed by atoms with van der Waals surface area (Å²) in [5, 5.41) is 22.9. The lowest BCUT2D eigenvalue weighted by atomic mass is 10.1. The Bertz CT molecular complexity index is 993. The minimum atomic E-state index is -0.851. The molecule has 1 amide bonds. The summed E-state index contributed by atoms with van der Waals surface area (Å²) in [5.74, 6) is -0.0911. The summed E-state index contributed by atoms with van der Waals surface area (Å²) in [6.07, 6.45) is 61.6. The van der Waals surface area contributed by atoms with Crippen LogP contribution in [0.4, 0.5) is 0 Å². The van der Waals surface area contributed by atoms with Gasteiger partial charge in [0, 0.05) is 12.8 Å². The average Bonchev–Trinajstić information content (AvgIpc) is 3.26. The van der Waals surface area contributed by atoms with Crippen LogP contribution < -0.4 is 5.32 Å². The minimum absolute atomic E-state index is 0.00600. The van der Waals surface area contributed by atoms with Gasteiger partial charge < -0.3 is 20.3 Å². The Balaban J connectivity index is 3.45. The van der Waals surface area contributed by atoms with E-state index in [1.807, 2.05) is 6.08 Å². The molecule has 0 heterocycles. The van der Waals surface area contributed by atoms with E-state index in [2.05, 4.69) is 43.5 Å². The van der Waals surface area contributed by atoms with Gasteiger partial charge in [0.05, 0.1) is 25.4 Å². The van der Waals surface area contributed by atoms with Gasteiger partial charge in [0.15, 0.2) is 0 Å². The average molecular weight is 858 g/mol. The first kappa shape index (κ1) is 59.1. The first-order valence-electron chi connectivity index (χ1n) is 26.8. The van der Waals surface area contributed by atoms with Gasteiger partial charge in [-0.05, 0) is 83.5 Å². The Morgan fingerprint density at radius 1 is 0.443 bits per heavy atom. The SMILES string of the molecule is CCCCCCCCC/C=C\CCCCCCCC(=O)OCCCCCCCCCCC/C=C\CCCCCCCC(=O)NC(CO)C(O)/C=C/CCCCCCCCCC. The maximum absolute atomic E-state index is 12.4. The van der Waals surface area contributed by atoms with Crippen molar-refractivity contribution in [1.82, 2.24) is 5.32 Å². The smallest absolute Gasteiger partial charge is 0.305 e. The number of carbonyl (C=O) groups excluding carboxylic acids is 2. The van der Waals surface area contributed by atoms with E-state index in [0.29, 0.717) is 19.4 Å². The minimum Gasteiger partial charge on any atom is -0.466 e. The Hall–Kier alpha value is -1.92. The molecular formula is C55H103NO5. The highest BCUT2D eigenvalue weighted by molar-refractivity contribution is 5.76. The number of aliphatic hydroxyl groups excluding tert-OH is 2. The zero-order valence-electron chi connectivity index (χ0n) is 40.6. The van der Waals surface area contributed by atoms with Gasteiger partial charge in [0.2, 0.25) is 5.91 Å². The summed E-state index contributed by atoms with van der Waals surface area (Å²) < 4.78 is 5.47. The lowest BCUT2D eigenvalue weighted by molar-refractivity contribution is -0.143. The molecule has 0 saturated carbocycles. The second-order valence-electron chi connectivity index (χ2n) is 18.2. The summed E-state index contributed by atoms with van der Waals surface area (Å²) in [6.45, 7) is 4.86. The van der Waals surface area contributed by atoms with Crippen molar-refractivity contribution in [3.05, 3.63) is 36.5 Å². The van der Waals surface area contributed by atoms with E-state index in [4.69, 9.17) is 4.74 Å². The molecule has 2 unspecified atom stereocenters. The molecule has 0 bridgehead atoms. The van der Waals surface area contributed by atoms with Crippen LogP contribution in [-0.2, 0) is 14.3 Å². The number of esters is 1. The van der Waals surface area contributed by atoms with Gasteiger partial charge >= 0.3 is 5.97 Å². The molecule has 0 rings (SSSR count). The van der Waals surface area contributed by atoms with E-state index in [0.717, 1.165) is 64.2 Å². The second-order valence-corrected chi connectivity index (χ2v) is 18.2. The topological polar surface area (TPSA) is 95.9 Å². The van der Waals surface area contributed by atoms with Crippen LogP contribution in [0, 0.1) is 0 Å². The number of ether oxygens (including phenoxy) is 1. The lowest BCUT2D eigenvalue weighted by Gasteiger charge is -2.20. The van der Waals surface area contributed by atoms with Crippen LogP contribution in [0.1, 0.15) is 277 Å². The van der Waals surface area contributed by atoms with Crippen molar-refractivity contribution in [2.75, 3.05) is 13.2 Å². The number of carbonyl (C=O) groups is 2. The molecule has 358 valence electrons. The Labute approximate surface area is 379 Å². The third kappa shape index (κ3) is 47.4. The van der Waals surface area contributed by atoms with Crippen LogP contribution in [0.25, 0.3) is 0 Å². The fourth-order valence-electron chi connectivity index (χ4n) is 7.97. The van der Waals surface area contributed by atoms with Gasteiger partial charge in [0.25, 0.3) is 0 Å². The number of nitrogens with one attached hydrogen (secondary N) is 1. The highest BCUT2D eigenvalue weighted by Gasteiger charge is 2.18. The Morgan fingerprint density at radius 2 is 0.770 bits per heavy atom. The van der Waals surface area contributed by atoms with Crippen molar-refractivity contribution in [3.8, 4) is 0 Å². The summed E-state index contributed by atoms with van der Waals surface area (Å²) in [5.41, 5.74) is 0. The van der Waals surface area contributed by atoms with Gasteiger partial charge in [-0.1, -0.05) is 217 Å². The van der Waals surface area contributed by atoms with Crippen LogP contribution in [0.2, 0.25) is 0 Å². The van der Waals surface area contributed by atoms with Crippen LogP contribution in [0.15, 0.2) is 36.5 Å². The molecule has 0 aliphatic heterocycles. The first-order chi connectivity index (χ1) is 30.0. The predicted molar refractivity (Wildman–Crippen MR) is 264 cm³/mol. The summed E-state index contributed by atoms with van der Waals surface area (Å²) in [6, 6.07) is -0.636. The van der Waals surface area contributed by atoms with Gasteiger partial charge in [-0.15, -0.1) is 0 Å². The van der Waals surface area contributed by atoms with Gasteiger partial charge in [-0.3, -0.25) is 9.59 Å². The van der Waals surface area contributed by atoms with Crippen molar-refractivity contribution in [1.29, 1.82) is 0 Å². The zero-order chi connectivity index (χ0) is 44.4. The molecule has 0 radical (unpaired) electrons. The Morgan fingerprint density at radius 3 is 1.16 bits per heavy atom. The summed E-state index contributed by atoms with van der Waals surface area (Å²) in [7, 11) is 0. The maximum atomic E-state index is 12.4. The van der Waals surface area contributed by atoms with Crippen molar-refractivity contribution in [3.63, 3.8) is 0 Å². The molecule has 61 heavy (non-hydrogen) atoms. The zero-order valence-corrected chi connectivity index (χ0v) is 40.6. The van der Waals surface area contributed by atoms with E-state index >= 15 is 0 Å². The van der Waals surface area contributed by atoms with Gasteiger partial charge in [-0.25, -0.2) is 0 Å². The van der Waals surface area contributed by atoms with E-state index in [1.165, 1.54) is 186 Å². The number of unbranched alkanes of at least 4 members (excludes halogenated alkanes) is 34. The van der Waals surface area contributed by atoms with Crippen molar-refractivity contribution < 1.29 is 24.5 Å². The number of aliphatic hydroxyl groups is 2. The fourth-order valence-corrected chi connectivity index (χ4v) is 7.97. The number of allylic oxidation sites excluding steroid dienone is 5. The van der Waals surface area contributed by atoms with E-state index in [9.17, 15) is 19.8 Å². The van der Waals surface area contributed by atoms with E-state index < -0.39 is 12.1 Å². The molecule has 0 spiro atoms. The molecule has 0 fully saturated rings. The van der Waals surface area contributed by atoms with Crippen molar-refractivity contribution in [2.24, 2.45) is 0 Å². The molecule has 6 heteroatoms. The Kier molecular flexibility index (Phi) is 49.1. The molecule has 6 nitrogen and oxygen atoms in total. The quantitative estimate of drug-likeness (QED) is 0.0322. The third-order valence-electron chi connectivity index (χ3n) is 12.1. The molecular weight excluding hydrogens is 755 g/mol. The van der Waals surface area contributed by atoms with E-state index in [1.54, 1.807) is 6.08 Å². The molecule has 0 aliphatic rings. The fraction of sp³-hybridized carbons (Fsp3) is 0.855. The van der Waals surface area contributed by atoms with Crippen molar-refractivity contribution in [2.45, 2.75) is 289 Å². The maximum Gasteiger partial charge on any atom is 0.305 e. The second kappa shape index (κ2) is 50.7. The summed E-state index contributed by atoms with van der Waals surface area (Å²) >= 11 is 0. The van der Waals surface area contributed by atoms with Crippen LogP contribution in [0.3, 0.4) is 0 Å². The van der Waals surface area contributed by atoms with Crippen molar-refractivity contribution >= 4 is 11.9 Å². The molecule has 0 aliphatic carbocycles. The summed E-state index contributed by atoms with van der Waals surface area (Å²) in [4.78, 5) is 24.4. The molecule has 0 aromatic rings. The van der Waals surface area contributed by atoms with Crippen LogP contribution >= 0.6 is 0 Å². The van der Waals surface area contributed by atoms with E-state index in [-0.39, 0.29) is 18.5 Å². The molecule has 3 N–H and O–H groups in total. The van der Waals surface area contributed by atoms with Crippen LogP contribution in [-0.4, -0.2) is 47.4 Å².